The third-order valence-corrected chi connectivity index (χ3v) is 6.15. The zero-order valence-electron chi connectivity index (χ0n) is 21.4. The number of ether oxygens (including phenoxy) is 7. The molecule has 6 unspecified atom stereocenters. The Morgan fingerprint density at radius 1 is 1.09 bits per heavy atom. The van der Waals surface area contributed by atoms with Crippen molar-refractivity contribution in [2.24, 2.45) is 0 Å². The highest BCUT2D eigenvalue weighted by molar-refractivity contribution is 5.78. The van der Waals surface area contributed by atoms with Crippen LogP contribution < -0.4 is 0 Å². The van der Waals surface area contributed by atoms with Crippen LogP contribution in [0.1, 0.15) is 41.5 Å². The number of hydrogen-bond donors (Lipinski definition) is 2. The first-order chi connectivity index (χ1) is 15.6. The molecule has 0 bridgehead atoms. The van der Waals surface area contributed by atoms with Crippen LogP contribution in [0.2, 0.25) is 0 Å². The Kier molecular flexibility index (Phi) is 8.76. The number of methoxy groups -OCH3 is 2. The number of cyclic esters (lactones) is 1. The number of fused-ring (bicyclic) bond motifs is 1. The molecule has 0 radical (unpaired) electrons. The molecule has 0 saturated carbocycles. The number of rotatable bonds is 7. The molecule has 3 fully saturated rings. The summed E-state index contributed by atoms with van der Waals surface area (Å²) < 4.78 is 38.5. The van der Waals surface area contributed by atoms with Crippen molar-refractivity contribution in [2.75, 3.05) is 20.8 Å². The van der Waals surface area contributed by atoms with E-state index in [2.05, 4.69) is 13.2 Å². The van der Waals surface area contributed by atoms with Gasteiger partial charge in [0.2, 0.25) is 0 Å². The fourth-order valence-corrected chi connectivity index (χ4v) is 4.46. The molecule has 2 N–H and O–H groups in total. The van der Waals surface area contributed by atoms with Gasteiger partial charge in [-0.25, -0.2) is 4.79 Å². The molecule has 8 atom stereocenters. The van der Waals surface area contributed by atoms with Crippen LogP contribution in [0.25, 0.3) is 0 Å². The number of carbonyl (C=O) groups excluding carboxylic acids is 1. The van der Waals surface area contributed by atoms with E-state index in [1.165, 1.54) is 13.2 Å². The second-order valence-electron chi connectivity index (χ2n) is 9.89. The summed E-state index contributed by atoms with van der Waals surface area (Å²) in [6.45, 7) is 17.4. The lowest BCUT2D eigenvalue weighted by Gasteiger charge is -2.41. The Bertz CT molecular complexity index is 748. The third-order valence-electron chi connectivity index (χ3n) is 6.15. The summed E-state index contributed by atoms with van der Waals surface area (Å²) in [5.41, 5.74) is -2.15. The van der Waals surface area contributed by atoms with E-state index in [-0.39, 0.29) is 6.61 Å². The molecule has 3 saturated heterocycles. The Morgan fingerprint density at radius 3 is 2.15 bits per heavy atom. The average Bonchev–Trinajstić information content (AvgIpc) is 3.23. The van der Waals surface area contributed by atoms with Crippen molar-refractivity contribution in [1.82, 2.24) is 0 Å². The maximum atomic E-state index is 11.9. The van der Waals surface area contributed by atoms with Gasteiger partial charge in [0.1, 0.15) is 36.1 Å². The van der Waals surface area contributed by atoms with Crippen molar-refractivity contribution in [1.29, 1.82) is 0 Å². The second kappa shape index (κ2) is 10.3. The smallest absolute Gasteiger partial charge is 0.339 e. The van der Waals surface area contributed by atoms with E-state index in [1.54, 1.807) is 54.7 Å². The lowest BCUT2D eigenvalue weighted by Crippen LogP contribution is -2.60. The van der Waals surface area contributed by atoms with Crippen molar-refractivity contribution >= 4 is 5.97 Å². The summed E-state index contributed by atoms with van der Waals surface area (Å²) in [4.78, 5) is 11.9. The van der Waals surface area contributed by atoms with Gasteiger partial charge in [-0.2, -0.15) is 0 Å². The van der Waals surface area contributed by atoms with E-state index in [4.69, 9.17) is 33.2 Å². The van der Waals surface area contributed by atoms with Gasteiger partial charge in [0.15, 0.2) is 23.3 Å². The minimum atomic E-state index is -1.25. The van der Waals surface area contributed by atoms with Crippen molar-refractivity contribution in [3.63, 3.8) is 0 Å². The molecule has 0 aromatic heterocycles. The number of carbonyl (C=O) groups is 1. The predicted octanol–water partition coefficient (Wildman–Crippen LogP) is 1.47. The van der Waals surface area contributed by atoms with Gasteiger partial charge in [-0.3, -0.25) is 0 Å². The summed E-state index contributed by atoms with van der Waals surface area (Å²) in [5, 5.41) is 19.5. The van der Waals surface area contributed by atoms with Crippen molar-refractivity contribution < 1.29 is 48.2 Å². The van der Waals surface area contributed by atoms with Crippen LogP contribution in [0.15, 0.2) is 25.3 Å². The highest BCUT2D eigenvalue weighted by atomic mass is 16.8. The topological polar surface area (TPSA) is 122 Å². The van der Waals surface area contributed by atoms with Gasteiger partial charge < -0.3 is 43.4 Å². The van der Waals surface area contributed by atoms with Gasteiger partial charge in [0.05, 0.1) is 6.61 Å². The average molecular weight is 489 g/mol. The molecule has 0 spiro atoms. The van der Waals surface area contributed by atoms with Gasteiger partial charge in [0.25, 0.3) is 0 Å². The van der Waals surface area contributed by atoms with Crippen LogP contribution in [0.3, 0.4) is 0 Å². The van der Waals surface area contributed by atoms with E-state index in [1.807, 2.05) is 0 Å². The quantitative estimate of drug-likeness (QED) is 0.402. The van der Waals surface area contributed by atoms with Gasteiger partial charge in [-0.05, 0) is 47.6 Å². The Morgan fingerprint density at radius 2 is 1.68 bits per heavy atom. The number of hydrogen-bond acceptors (Lipinski definition) is 10. The molecule has 10 nitrogen and oxygen atoms in total. The van der Waals surface area contributed by atoms with Crippen molar-refractivity contribution in [2.45, 2.75) is 101 Å². The molecular weight excluding hydrogens is 448 g/mol. The minimum absolute atomic E-state index is 0.193. The minimum Gasteiger partial charge on any atom is -0.450 e. The van der Waals surface area contributed by atoms with Crippen molar-refractivity contribution in [3.8, 4) is 0 Å². The zero-order chi connectivity index (χ0) is 26.1. The van der Waals surface area contributed by atoms with Gasteiger partial charge in [-0.15, -0.1) is 6.58 Å². The first kappa shape index (κ1) is 28.9. The standard InChI is InChI=1S/C12H18O5.C12H22O5/c1-6-12(4)9(14-5)7-8(10(13)17-12)16-11(2,3)15-7;1-6-12(4,14)10(15-5)9-8(7-13)16-11(2,3)17-9/h6-9H,1H2,2-5H3;6,8-10,13-14H,1,7H2,2-5H3/t7?,8?,9?,12-;8?,9?,10?,12-/m00/s1. The maximum absolute atomic E-state index is 11.9. The normalized spacial score (nSPS) is 38.5. The number of aliphatic hydroxyl groups is 2. The first-order valence-corrected chi connectivity index (χ1v) is 11.2. The van der Waals surface area contributed by atoms with E-state index in [9.17, 15) is 15.0 Å². The maximum Gasteiger partial charge on any atom is 0.339 e. The highest BCUT2D eigenvalue weighted by Gasteiger charge is 2.59. The monoisotopic (exact) mass is 488 g/mol. The predicted molar refractivity (Wildman–Crippen MR) is 122 cm³/mol. The summed E-state index contributed by atoms with van der Waals surface area (Å²) in [5.74, 6) is -2.04. The van der Waals surface area contributed by atoms with E-state index < -0.39 is 65.4 Å². The fraction of sp³-hybridized carbons (Fsp3) is 0.792. The van der Waals surface area contributed by atoms with E-state index in [0.29, 0.717) is 0 Å². The van der Waals surface area contributed by atoms with E-state index >= 15 is 0 Å². The first-order valence-electron chi connectivity index (χ1n) is 11.2. The SMILES string of the molecule is C=C[C@](C)(O)C(OC)C1OC(C)(C)OC1CO.C=C[C@]1(C)OC(=O)C2OC(C)(C)OC2C1OC. The molecule has 10 heteroatoms. The summed E-state index contributed by atoms with van der Waals surface area (Å²) in [6, 6.07) is 0. The number of aliphatic hydroxyl groups excluding tert-OH is 1. The zero-order valence-corrected chi connectivity index (χ0v) is 21.4. The number of esters is 1. The summed E-state index contributed by atoms with van der Waals surface area (Å²) in [7, 11) is 3.03. The lowest BCUT2D eigenvalue weighted by molar-refractivity contribution is -0.203. The Hall–Kier alpha value is -1.37. The largest absolute Gasteiger partial charge is 0.450 e. The molecular formula is C24H40O10. The Balaban J connectivity index is 0.000000240. The third kappa shape index (κ3) is 5.88. The molecule has 3 heterocycles. The summed E-state index contributed by atoms with van der Waals surface area (Å²) in [6.07, 6.45) is -0.408. The molecule has 3 rings (SSSR count). The fourth-order valence-electron chi connectivity index (χ4n) is 4.46. The Labute approximate surface area is 201 Å². The van der Waals surface area contributed by atoms with E-state index in [0.717, 1.165) is 0 Å². The molecule has 0 aromatic rings. The molecule has 0 aliphatic carbocycles. The molecule has 3 aliphatic heterocycles. The second-order valence-corrected chi connectivity index (χ2v) is 9.89. The van der Waals surface area contributed by atoms with Crippen LogP contribution in [-0.2, 0) is 38.0 Å². The van der Waals surface area contributed by atoms with Crippen molar-refractivity contribution in [3.05, 3.63) is 25.3 Å². The summed E-state index contributed by atoms with van der Waals surface area (Å²) >= 11 is 0. The van der Waals surface area contributed by atoms with Crippen LogP contribution in [-0.4, -0.2) is 96.4 Å². The van der Waals surface area contributed by atoms with Gasteiger partial charge in [-0.1, -0.05) is 12.7 Å². The van der Waals surface area contributed by atoms with Crippen LogP contribution in [0, 0.1) is 0 Å². The molecule has 0 amide bonds. The lowest BCUT2D eigenvalue weighted by atomic mass is 9.88. The van der Waals surface area contributed by atoms with Crippen LogP contribution in [0.5, 0.6) is 0 Å². The molecule has 3 aliphatic rings. The van der Waals surface area contributed by atoms with Crippen LogP contribution >= 0.6 is 0 Å². The molecule has 196 valence electrons. The highest BCUT2D eigenvalue weighted by Crippen LogP contribution is 2.40. The molecule has 34 heavy (non-hydrogen) atoms. The molecule has 0 aromatic carbocycles. The van der Waals surface area contributed by atoms with Gasteiger partial charge >= 0.3 is 5.97 Å². The van der Waals surface area contributed by atoms with Gasteiger partial charge in [0, 0.05) is 14.2 Å². The van der Waals surface area contributed by atoms with Crippen LogP contribution in [0.4, 0.5) is 0 Å².